The fourth-order valence-corrected chi connectivity index (χ4v) is 3.03. The molecule has 1 heterocycles. The van der Waals surface area contributed by atoms with Gasteiger partial charge in [-0.25, -0.2) is 4.98 Å². The van der Waals surface area contributed by atoms with Crippen LogP contribution >= 0.6 is 11.6 Å². The van der Waals surface area contributed by atoms with E-state index in [4.69, 9.17) is 16.3 Å². The Bertz CT molecular complexity index is 462. The molecule has 2 atom stereocenters. The van der Waals surface area contributed by atoms with Crippen molar-refractivity contribution < 1.29 is 4.74 Å². The number of rotatable bonds is 5. The quantitative estimate of drug-likeness (QED) is 0.893. The fraction of sp³-hybridized carbons (Fsp3) is 0.688. The number of hydrogen-bond donors (Lipinski definition) is 1. The van der Waals surface area contributed by atoms with Crippen LogP contribution in [-0.2, 0) is 6.54 Å². The average Bonchev–Trinajstić information content (AvgIpc) is 3.26. The number of nitrogens with one attached hydrogen (secondary N) is 1. The lowest BCUT2D eigenvalue weighted by Gasteiger charge is -2.29. The summed E-state index contributed by atoms with van der Waals surface area (Å²) >= 11 is 6.31. The van der Waals surface area contributed by atoms with Gasteiger partial charge in [0, 0.05) is 18.8 Å². The molecule has 0 aromatic carbocycles. The molecule has 4 heteroatoms. The van der Waals surface area contributed by atoms with Gasteiger partial charge in [-0.2, -0.15) is 0 Å². The van der Waals surface area contributed by atoms with E-state index in [-0.39, 0.29) is 6.10 Å². The van der Waals surface area contributed by atoms with Crippen LogP contribution in [0.3, 0.4) is 0 Å². The summed E-state index contributed by atoms with van der Waals surface area (Å²) in [7, 11) is 0. The summed E-state index contributed by atoms with van der Waals surface area (Å²) in [5.74, 6) is 1.19. The van der Waals surface area contributed by atoms with Crippen LogP contribution in [0.5, 0.6) is 5.88 Å². The van der Waals surface area contributed by atoms with Gasteiger partial charge in [-0.3, -0.25) is 0 Å². The first kappa shape index (κ1) is 14.2. The number of pyridine rings is 1. The van der Waals surface area contributed by atoms with Gasteiger partial charge in [0.1, 0.15) is 11.1 Å². The second-order valence-electron chi connectivity index (χ2n) is 6.20. The van der Waals surface area contributed by atoms with Crippen molar-refractivity contribution in [2.75, 3.05) is 0 Å². The summed E-state index contributed by atoms with van der Waals surface area (Å²) in [6.45, 7) is 3.10. The predicted molar refractivity (Wildman–Crippen MR) is 81.2 cm³/mol. The standard InChI is InChI=1S/C16H23ClN2O/c1-11-4-2-3-5-15(11)20-16-14(17)8-12(10-19-16)9-18-13-6-7-13/h8,10-11,13,15,18H,2-7,9H2,1H3. The van der Waals surface area contributed by atoms with Gasteiger partial charge in [-0.05, 0) is 49.7 Å². The molecule has 0 radical (unpaired) electrons. The molecule has 2 aliphatic carbocycles. The molecule has 0 saturated heterocycles. The van der Waals surface area contributed by atoms with Crippen LogP contribution in [-0.4, -0.2) is 17.1 Å². The fourth-order valence-electron chi connectivity index (χ4n) is 2.80. The van der Waals surface area contributed by atoms with Crippen molar-refractivity contribution in [3.8, 4) is 5.88 Å². The van der Waals surface area contributed by atoms with Crippen molar-refractivity contribution in [2.24, 2.45) is 5.92 Å². The third kappa shape index (κ3) is 3.64. The average molecular weight is 295 g/mol. The van der Waals surface area contributed by atoms with E-state index in [0.717, 1.165) is 18.5 Å². The molecule has 1 aromatic heterocycles. The molecule has 0 bridgehead atoms. The highest BCUT2D eigenvalue weighted by Gasteiger charge is 2.24. The van der Waals surface area contributed by atoms with Crippen LogP contribution in [0.4, 0.5) is 0 Å². The van der Waals surface area contributed by atoms with Gasteiger partial charge in [0.05, 0.1) is 0 Å². The molecule has 2 saturated carbocycles. The first-order chi connectivity index (χ1) is 9.72. The molecule has 2 unspecified atom stereocenters. The van der Waals surface area contributed by atoms with Crippen molar-refractivity contribution in [2.45, 2.75) is 64.1 Å². The van der Waals surface area contributed by atoms with Crippen molar-refractivity contribution in [3.63, 3.8) is 0 Å². The summed E-state index contributed by atoms with van der Waals surface area (Å²) < 4.78 is 6.03. The molecule has 110 valence electrons. The molecule has 2 fully saturated rings. The second-order valence-corrected chi connectivity index (χ2v) is 6.61. The van der Waals surface area contributed by atoms with E-state index in [1.54, 1.807) is 0 Å². The summed E-state index contributed by atoms with van der Waals surface area (Å²) in [5, 5.41) is 4.11. The van der Waals surface area contributed by atoms with E-state index in [1.165, 1.54) is 32.1 Å². The SMILES string of the molecule is CC1CCCCC1Oc1ncc(CNC2CC2)cc1Cl. The van der Waals surface area contributed by atoms with Gasteiger partial charge < -0.3 is 10.1 Å². The number of hydrogen-bond acceptors (Lipinski definition) is 3. The van der Waals surface area contributed by atoms with E-state index in [1.807, 2.05) is 12.3 Å². The normalized spacial score (nSPS) is 26.5. The van der Waals surface area contributed by atoms with E-state index < -0.39 is 0 Å². The first-order valence-electron chi connectivity index (χ1n) is 7.77. The molecule has 3 rings (SSSR count). The predicted octanol–water partition coefficient (Wildman–Crippen LogP) is 3.94. The van der Waals surface area contributed by atoms with Gasteiger partial charge in [-0.1, -0.05) is 24.9 Å². The molecule has 3 nitrogen and oxygen atoms in total. The van der Waals surface area contributed by atoms with E-state index in [2.05, 4.69) is 17.2 Å². The Hall–Kier alpha value is -0.800. The Balaban J connectivity index is 1.60. The van der Waals surface area contributed by atoms with Gasteiger partial charge in [-0.15, -0.1) is 0 Å². The lowest BCUT2D eigenvalue weighted by Crippen LogP contribution is -2.28. The highest BCUT2D eigenvalue weighted by atomic mass is 35.5. The number of ether oxygens (including phenoxy) is 1. The minimum atomic E-state index is 0.268. The third-order valence-corrected chi connectivity index (χ3v) is 4.60. The molecule has 1 aromatic rings. The number of halogens is 1. The maximum atomic E-state index is 6.31. The lowest BCUT2D eigenvalue weighted by atomic mass is 9.88. The maximum Gasteiger partial charge on any atom is 0.232 e. The zero-order chi connectivity index (χ0) is 13.9. The smallest absolute Gasteiger partial charge is 0.232 e. The van der Waals surface area contributed by atoms with Crippen LogP contribution < -0.4 is 10.1 Å². The van der Waals surface area contributed by atoms with Gasteiger partial charge in [0.25, 0.3) is 0 Å². The van der Waals surface area contributed by atoms with Crippen molar-refractivity contribution >= 4 is 11.6 Å². The Morgan fingerprint density at radius 2 is 2.10 bits per heavy atom. The molecule has 0 spiro atoms. The molecule has 0 amide bonds. The van der Waals surface area contributed by atoms with Crippen LogP contribution in [0.1, 0.15) is 51.0 Å². The number of aromatic nitrogens is 1. The highest BCUT2D eigenvalue weighted by molar-refractivity contribution is 6.31. The summed E-state index contributed by atoms with van der Waals surface area (Å²) in [5.41, 5.74) is 1.13. The zero-order valence-electron chi connectivity index (χ0n) is 12.1. The lowest BCUT2D eigenvalue weighted by molar-refractivity contribution is 0.0976. The molecular weight excluding hydrogens is 272 g/mol. The molecule has 0 aliphatic heterocycles. The first-order valence-corrected chi connectivity index (χ1v) is 8.14. The summed E-state index contributed by atoms with van der Waals surface area (Å²) in [4.78, 5) is 4.41. The molecule has 20 heavy (non-hydrogen) atoms. The van der Waals surface area contributed by atoms with Crippen molar-refractivity contribution in [1.82, 2.24) is 10.3 Å². The van der Waals surface area contributed by atoms with E-state index in [9.17, 15) is 0 Å². The molecule has 1 N–H and O–H groups in total. The van der Waals surface area contributed by atoms with Crippen LogP contribution in [0.25, 0.3) is 0 Å². The molecular formula is C16H23ClN2O. The third-order valence-electron chi connectivity index (χ3n) is 4.33. The van der Waals surface area contributed by atoms with Gasteiger partial charge >= 0.3 is 0 Å². The zero-order valence-corrected chi connectivity index (χ0v) is 12.8. The van der Waals surface area contributed by atoms with E-state index >= 15 is 0 Å². The Labute approximate surface area is 126 Å². The van der Waals surface area contributed by atoms with Crippen LogP contribution in [0.2, 0.25) is 5.02 Å². The van der Waals surface area contributed by atoms with Gasteiger partial charge in [0.15, 0.2) is 0 Å². The monoisotopic (exact) mass is 294 g/mol. The van der Waals surface area contributed by atoms with Crippen LogP contribution in [0.15, 0.2) is 12.3 Å². The van der Waals surface area contributed by atoms with Gasteiger partial charge in [0.2, 0.25) is 5.88 Å². The Morgan fingerprint density at radius 3 is 2.80 bits per heavy atom. The largest absolute Gasteiger partial charge is 0.473 e. The maximum absolute atomic E-state index is 6.31. The minimum absolute atomic E-state index is 0.268. The summed E-state index contributed by atoms with van der Waals surface area (Å²) in [6, 6.07) is 2.68. The topological polar surface area (TPSA) is 34.1 Å². The van der Waals surface area contributed by atoms with Crippen molar-refractivity contribution in [1.29, 1.82) is 0 Å². The summed E-state index contributed by atoms with van der Waals surface area (Å²) in [6.07, 6.45) is 9.65. The van der Waals surface area contributed by atoms with Crippen molar-refractivity contribution in [3.05, 3.63) is 22.8 Å². The Kier molecular flexibility index (Phi) is 4.47. The van der Waals surface area contributed by atoms with E-state index in [0.29, 0.717) is 22.9 Å². The minimum Gasteiger partial charge on any atom is -0.473 e. The van der Waals surface area contributed by atoms with Crippen LogP contribution in [0, 0.1) is 5.92 Å². The molecule has 2 aliphatic rings. The highest BCUT2D eigenvalue weighted by Crippen LogP contribution is 2.31. The number of nitrogens with zero attached hydrogens (tertiary/aromatic N) is 1. The second kappa shape index (κ2) is 6.31. The Morgan fingerprint density at radius 1 is 1.30 bits per heavy atom.